The van der Waals surface area contributed by atoms with Gasteiger partial charge >= 0.3 is 11.7 Å². The SMILES string of the molecule is C#CCNC(=O)OCc1cc(=O)oc2cc(O[C@@H]3O[C@H](CO)[C@H](O)[C@H](O)[C@H]3O)c(Br)cc12. The number of alkyl carbamates (subject to hydrolysis) is 1. The lowest BCUT2D eigenvalue weighted by molar-refractivity contribution is -0.277. The Bertz CT molecular complexity index is 1080. The number of benzene rings is 1. The molecule has 0 saturated carbocycles. The highest BCUT2D eigenvalue weighted by Crippen LogP contribution is 2.34. The molecule has 0 aliphatic carbocycles. The molecule has 1 saturated heterocycles. The molecule has 0 bridgehead atoms. The number of hydrogen-bond donors (Lipinski definition) is 5. The first-order valence-electron chi connectivity index (χ1n) is 9.32. The van der Waals surface area contributed by atoms with Crippen LogP contribution in [0.2, 0.25) is 0 Å². The second-order valence-corrected chi connectivity index (χ2v) is 7.67. The molecular formula is C20H20BrNO10. The molecule has 32 heavy (non-hydrogen) atoms. The van der Waals surface area contributed by atoms with Crippen LogP contribution in [0.1, 0.15) is 5.56 Å². The van der Waals surface area contributed by atoms with Crippen molar-refractivity contribution in [1.82, 2.24) is 5.32 Å². The van der Waals surface area contributed by atoms with Crippen molar-refractivity contribution in [3.63, 3.8) is 0 Å². The summed E-state index contributed by atoms with van der Waals surface area (Å²) in [5, 5.41) is 42.0. The smallest absolute Gasteiger partial charge is 0.408 e. The highest BCUT2D eigenvalue weighted by Gasteiger charge is 2.44. The molecule has 5 atom stereocenters. The van der Waals surface area contributed by atoms with Crippen molar-refractivity contribution in [1.29, 1.82) is 0 Å². The molecule has 1 amide bonds. The third kappa shape index (κ3) is 5.21. The Hall–Kier alpha value is -2.66. The number of terminal acetylenes is 1. The summed E-state index contributed by atoms with van der Waals surface area (Å²) in [5.41, 5.74) is -0.267. The van der Waals surface area contributed by atoms with Gasteiger partial charge in [-0.2, -0.15) is 0 Å². The number of ether oxygens (including phenoxy) is 3. The molecule has 1 fully saturated rings. The van der Waals surface area contributed by atoms with Gasteiger partial charge in [0, 0.05) is 23.1 Å². The van der Waals surface area contributed by atoms with E-state index in [1.165, 1.54) is 18.2 Å². The number of halogens is 1. The van der Waals surface area contributed by atoms with Crippen LogP contribution in [0.4, 0.5) is 4.79 Å². The number of aliphatic hydroxyl groups is 4. The first-order chi connectivity index (χ1) is 15.2. The molecule has 12 heteroatoms. The van der Waals surface area contributed by atoms with Crippen molar-refractivity contribution < 1.29 is 43.8 Å². The van der Waals surface area contributed by atoms with Crippen molar-refractivity contribution in [2.24, 2.45) is 0 Å². The van der Waals surface area contributed by atoms with E-state index in [9.17, 15) is 30.0 Å². The van der Waals surface area contributed by atoms with E-state index in [-0.39, 0.29) is 24.5 Å². The zero-order valence-electron chi connectivity index (χ0n) is 16.4. The first-order valence-corrected chi connectivity index (χ1v) is 10.1. The van der Waals surface area contributed by atoms with Crippen LogP contribution in [-0.2, 0) is 16.1 Å². The highest BCUT2D eigenvalue weighted by molar-refractivity contribution is 9.10. The summed E-state index contributed by atoms with van der Waals surface area (Å²) in [6.45, 7) is -0.866. The van der Waals surface area contributed by atoms with Crippen molar-refractivity contribution >= 4 is 33.0 Å². The maximum absolute atomic E-state index is 12.0. The van der Waals surface area contributed by atoms with E-state index in [0.29, 0.717) is 15.4 Å². The van der Waals surface area contributed by atoms with E-state index < -0.39 is 49.0 Å². The normalized spacial score (nSPS) is 25.2. The number of amides is 1. The Kier molecular flexibility index (Phi) is 7.73. The summed E-state index contributed by atoms with van der Waals surface area (Å²) in [5.74, 6) is 2.31. The molecule has 1 aliphatic heterocycles. The van der Waals surface area contributed by atoms with E-state index >= 15 is 0 Å². The van der Waals surface area contributed by atoms with E-state index in [1.807, 2.05) is 0 Å². The summed E-state index contributed by atoms with van der Waals surface area (Å²) >= 11 is 3.30. The van der Waals surface area contributed by atoms with Gasteiger partial charge in [-0.1, -0.05) is 5.92 Å². The topological polar surface area (TPSA) is 168 Å². The second-order valence-electron chi connectivity index (χ2n) is 6.82. The van der Waals surface area contributed by atoms with Crippen molar-refractivity contribution in [2.75, 3.05) is 13.2 Å². The van der Waals surface area contributed by atoms with Gasteiger partial charge in [-0.15, -0.1) is 6.42 Å². The Morgan fingerprint density at radius 1 is 1.22 bits per heavy atom. The van der Waals surface area contributed by atoms with Crippen molar-refractivity contribution in [2.45, 2.75) is 37.3 Å². The molecule has 5 N–H and O–H groups in total. The molecule has 0 radical (unpaired) electrons. The predicted molar refractivity (Wildman–Crippen MR) is 112 cm³/mol. The summed E-state index contributed by atoms with van der Waals surface area (Å²) in [6, 6.07) is 4.04. The molecule has 2 aromatic rings. The fourth-order valence-corrected chi connectivity index (χ4v) is 3.48. The monoisotopic (exact) mass is 513 g/mol. The maximum Gasteiger partial charge on any atom is 0.408 e. The lowest BCUT2D eigenvalue weighted by atomic mass is 9.99. The number of rotatable bonds is 6. The maximum atomic E-state index is 12.0. The molecule has 172 valence electrons. The molecule has 2 heterocycles. The molecule has 0 spiro atoms. The van der Waals surface area contributed by atoms with E-state index in [2.05, 4.69) is 27.2 Å². The predicted octanol–water partition coefficient (Wildman–Crippen LogP) is -0.406. The van der Waals surface area contributed by atoms with Crippen LogP contribution in [0.15, 0.2) is 31.9 Å². The fraction of sp³-hybridized carbons (Fsp3) is 0.400. The Morgan fingerprint density at radius 2 is 1.97 bits per heavy atom. The van der Waals surface area contributed by atoms with Crippen molar-refractivity contribution in [3.05, 3.63) is 38.7 Å². The lowest BCUT2D eigenvalue weighted by Crippen LogP contribution is -2.60. The fourth-order valence-electron chi connectivity index (χ4n) is 3.05. The summed E-state index contributed by atoms with van der Waals surface area (Å²) in [4.78, 5) is 23.6. The zero-order valence-corrected chi connectivity index (χ0v) is 18.0. The Labute approximate surface area is 189 Å². The largest absolute Gasteiger partial charge is 0.461 e. The van der Waals surface area contributed by atoms with E-state index in [4.69, 9.17) is 25.1 Å². The average Bonchev–Trinajstić information content (AvgIpc) is 2.77. The lowest BCUT2D eigenvalue weighted by Gasteiger charge is -2.39. The van der Waals surface area contributed by atoms with Gasteiger partial charge in [-0.3, -0.25) is 0 Å². The quantitative estimate of drug-likeness (QED) is 0.253. The summed E-state index contributed by atoms with van der Waals surface area (Å²) in [7, 11) is 0. The van der Waals surface area contributed by atoms with Gasteiger partial charge in [-0.05, 0) is 22.0 Å². The van der Waals surface area contributed by atoms with Crippen LogP contribution >= 0.6 is 15.9 Å². The second kappa shape index (κ2) is 10.3. The number of aliphatic hydroxyl groups excluding tert-OH is 4. The minimum Gasteiger partial charge on any atom is -0.461 e. The number of nitrogens with one attached hydrogen (secondary N) is 1. The van der Waals surface area contributed by atoms with Crippen LogP contribution in [0.25, 0.3) is 11.0 Å². The molecule has 11 nitrogen and oxygen atoms in total. The minimum atomic E-state index is -1.62. The standard InChI is InChI=1S/C20H20BrNO10/c1-2-3-22-20(28)29-8-9-4-15(24)30-12-6-13(11(21)5-10(9)12)31-19-18(27)17(26)16(25)14(7-23)32-19/h1,4-6,14,16-19,23,25-27H,3,7-8H2,(H,22,28)/t14-,16+,17+,18-,19-/m1/s1. The van der Waals surface area contributed by atoms with Crippen LogP contribution in [0.5, 0.6) is 5.75 Å². The van der Waals surface area contributed by atoms with Gasteiger partial charge in [-0.25, -0.2) is 9.59 Å². The van der Waals surface area contributed by atoms with Gasteiger partial charge in [0.25, 0.3) is 0 Å². The number of fused-ring (bicyclic) bond motifs is 1. The summed E-state index contributed by atoms with van der Waals surface area (Å²) < 4.78 is 21.5. The molecule has 3 rings (SSSR count). The molecule has 1 aromatic carbocycles. The van der Waals surface area contributed by atoms with Gasteiger partial charge < -0.3 is 44.4 Å². The third-order valence-electron chi connectivity index (χ3n) is 4.67. The van der Waals surface area contributed by atoms with Crippen LogP contribution in [-0.4, -0.2) is 70.4 Å². The minimum absolute atomic E-state index is 0.0132. The average molecular weight is 514 g/mol. The molecular weight excluding hydrogens is 494 g/mol. The van der Waals surface area contributed by atoms with Gasteiger partial charge in [0.05, 0.1) is 17.6 Å². The summed E-state index contributed by atoms with van der Waals surface area (Å²) in [6.07, 6.45) is -3.06. The van der Waals surface area contributed by atoms with Crippen molar-refractivity contribution in [3.8, 4) is 18.1 Å². The number of carbonyl (C=O) groups excluding carboxylic acids is 1. The van der Waals surface area contributed by atoms with Crippen LogP contribution in [0, 0.1) is 12.3 Å². The molecule has 1 aliphatic rings. The van der Waals surface area contributed by atoms with E-state index in [1.54, 1.807) is 0 Å². The molecule has 0 unspecified atom stereocenters. The first kappa shape index (κ1) is 24.0. The van der Waals surface area contributed by atoms with E-state index in [0.717, 1.165) is 0 Å². The van der Waals surface area contributed by atoms with Crippen LogP contribution in [0.3, 0.4) is 0 Å². The van der Waals surface area contributed by atoms with Crippen LogP contribution < -0.4 is 15.7 Å². The Morgan fingerprint density at radius 3 is 2.66 bits per heavy atom. The number of carbonyl (C=O) groups is 1. The van der Waals surface area contributed by atoms with Gasteiger partial charge in [0.15, 0.2) is 0 Å². The molecule has 1 aromatic heterocycles. The third-order valence-corrected chi connectivity index (χ3v) is 5.29. The highest BCUT2D eigenvalue weighted by atomic mass is 79.9. The Balaban J connectivity index is 1.86. The van der Waals surface area contributed by atoms with Gasteiger partial charge in [0.2, 0.25) is 6.29 Å². The van der Waals surface area contributed by atoms with Gasteiger partial charge in [0.1, 0.15) is 42.4 Å². The zero-order chi connectivity index (χ0) is 23.4. The number of hydrogen-bond acceptors (Lipinski definition) is 10.